The number of rotatable bonds is 14. The summed E-state index contributed by atoms with van der Waals surface area (Å²) in [6.45, 7) is 5.15. The minimum absolute atomic E-state index is 0.0303. The zero-order valence-electron chi connectivity index (χ0n) is 24.6. The molecule has 10 N–H and O–H groups in total. The molecule has 230 valence electrons. The maximum Gasteiger partial charge on any atom is 0.354 e. The first-order valence-corrected chi connectivity index (χ1v) is 15.0. The van der Waals surface area contributed by atoms with E-state index in [2.05, 4.69) is 34.1 Å². The largest absolute Gasteiger partial charge is 0.370 e. The maximum absolute atomic E-state index is 15.1. The van der Waals surface area contributed by atoms with Gasteiger partial charge in [0.05, 0.1) is 22.4 Å². The van der Waals surface area contributed by atoms with Crippen molar-refractivity contribution in [1.82, 2.24) is 19.9 Å². The van der Waals surface area contributed by atoms with E-state index >= 15 is 4.39 Å². The number of aliphatic imine (C=N–C) groups is 1. The number of fused-ring (bicyclic) bond motifs is 1. The first-order valence-electron chi connectivity index (χ1n) is 14.6. The van der Waals surface area contributed by atoms with Gasteiger partial charge < -0.3 is 33.2 Å². The van der Waals surface area contributed by atoms with E-state index in [0.29, 0.717) is 47.5 Å². The third-order valence-corrected chi connectivity index (χ3v) is 7.93. The smallest absolute Gasteiger partial charge is 0.354 e. The summed E-state index contributed by atoms with van der Waals surface area (Å²) in [4.78, 5) is 24.4. The predicted molar refractivity (Wildman–Crippen MR) is 173 cm³/mol. The van der Waals surface area contributed by atoms with Gasteiger partial charge in [0.15, 0.2) is 11.8 Å². The second kappa shape index (κ2) is 14.6. The standard InChI is InChI=1S/C31H41ClFN9O/c1-3-22(35)6-4-5-19-13-25(28(33)26(32)14-19)27-15-21-17-42(31(43)41-29(21)40-27)24-9-7-20(8-10-24)18(2)38-12-11-23(16-34)39-30(36)37/h7-10,13-15,17-18,22-23,38H,3-6,11-12,16,34-35H2,1-2H3,(H4,36,37,39)(H,40,41,43)/t18-,22-,23+/m0/s1. The molecule has 4 aromatic rings. The van der Waals surface area contributed by atoms with E-state index in [-0.39, 0.29) is 29.1 Å². The van der Waals surface area contributed by atoms with Crippen molar-refractivity contribution in [3.8, 4) is 16.9 Å². The fraction of sp³-hybridized carbons (Fsp3) is 0.387. The molecule has 10 nitrogen and oxygen atoms in total. The fourth-order valence-corrected chi connectivity index (χ4v) is 5.28. The van der Waals surface area contributed by atoms with Crippen molar-refractivity contribution in [3.05, 3.63) is 81.1 Å². The molecule has 4 rings (SSSR count). The van der Waals surface area contributed by atoms with Crippen LogP contribution in [0.5, 0.6) is 0 Å². The van der Waals surface area contributed by atoms with E-state index in [1.54, 1.807) is 24.4 Å². The molecule has 2 aromatic carbocycles. The van der Waals surface area contributed by atoms with Crippen molar-refractivity contribution in [1.29, 1.82) is 0 Å². The zero-order chi connectivity index (χ0) is 31.1. The average Bonchev–Trinajstić information content (AvgIpc) is 3.40. The third-order valence-electron chi connectivity index (χ3n) is 7.65. The van der Waals surface area contributed by atoms with Crippen LogP contribution < -0.4 is 33.9 Å². The molecule has 2 aromatic heterocycles. The van der Waals surface area contributed by atoms with Crippen LogP contribution >= 0.6 is 11.6 Å². The molecule has 0 fully saturated rings. The topological polar surface area (TPSA) is 179 Å². The van der Waals surface area contributed by atoms with Crippen LogP contribution in [-0.4, -0.2) is 45.7 Å². The van der Waals surface area contributed by atoms with E-state index in [1.807, 2.05) is 24.3 Å². The van der Waals surface area contributed by atoms with E-state index in [0.717, 1.165) is 36.8 Å². The molecular weight excluding hydrogens is 569 g/mol. The first-order chi connectivity index (χ1) is 20.6. The van der Waals surface area contributed by atoms with Crippen molar-refractivity contribution < 1.29 is 4.39 Å². The Balaban J connectivity index is 1.51. The minimum Gasteiger partial charge on any atom is -0.370 e. The number of H-pyrrole nitrogens is 1. The summed E-state index contributed by atoms with van der Waals surface area (Å²) in [6.07, 6.45) is 5.82. The molecule has 0 saturated heterocycles. The molecule has 0 saturated carbocycles. The maximum atomic E-state index is 15.1. The highest BCUT2D eigenvalue weighted by molar-refractivity contribution is 6.31. The Hall–Kier alpha value is -3.77. The average molecular weight is 610 g/mol. The molecule has 0 aliphatic carbocycles. The number of nitrogens with two attached hydrogens (primary N) is 4. The first kappa shape index (κ1) is 32.2. The highest BCUT2D eigenvalue weighted by Gasteiger charge is 2.16. The van der Waals surface area contributed by atoms with E-state index in [9.17, 15) is 4.79 Å². The van der Waals surface area contributed by atoms with Crippen LogP contribution in [0.1, 0.15) is 56.7 Å². The van der Waals surface area contributed by atoms with E-state index in [4.69, 9.17) is 34.5 Å². The number of nitrogens with one attached hydrogen (secondary N) is 2. The summed E-state index contributed by atoms with van der Waals surface area (Å²) in [6, 6.07) is 12.9. The number of hydrogen-bond acceptors (Lipinski definition) is 6. The second-order valence-electron chi connectivity index (χ2n) is 10.9. The van der Waals surface area contributed by atoms with Crippen LogP contribution in [0.15, 0.2) is 58.4 Å². The van der Waals surface area contributed by atoms with Crippen molar-refractivity contribution >= 4 is 28.6 Å². The molecular formula is C31H41ClFN9O. The molecule has 0 aliphatic heterocycles. The fourth-order valence-electron chi connectivity index (χ4n) is 5.04. The summed E-state index contributed by atoms with van der Waals surface area (Å²) in [5.74, 6) is -0.492. The van der Waals surface area contributed by atoms with Crippen LogP contribution in [0.25, 0.3) is 28.0 Å². The Morgan fingerprint density at radius 3 is 2.60 bits per heavy atom. The number of guanidine groups is 1. The van der Waals surface area contributed by atoms with Gasteiger partial charge in [-0.2, -0.15) is 4.98 Å². The van der Waals surface area contributed by atoms with Crippen LogP contribution in [0.2, 0.25) is 5.02 Å². The molecule has 0 aliphatic rings. The van der Waals surface area contributed by atoms with Crippen molar-refractivity contribution in [2.75, 3.05) is 13.1 Å². The summed E-state index contributed by atoms with van der Waals surface area (Å²) >= 11 is 6.26. The highest BCUT2D eigenvalue weighted by atomic mass is 35.5. The van der Waals surface area contributed by atoms with Gasteiger partial charge in [0.2, 0.25) is 0 Å². The predicted octanol–water partition coefficient (Wildman–Crippen LogP) is 3.87. The van der Waals surface area contributed by atoms with Crippen LogP contribution in [0, 0.1) is 5.82 Å². The van der Waals surface area contributed by atoms with Crippen LogP contribution in [0.4, 0.5) is 4.39 Å². The highest BCUT2D eigenvalue weighted by Crippen LogP contribution is 2.31. The van der Waals surface area contributed by atoms with Crippen molar-refractivity contribution in [3.63, 3.8) is 0 Å². The van der Waals surface area contributed by atoms with Gasteiger partial charge >= 0.3 is 5.69 Å². The van der Waals surface area contributed by atoms with Gasteiger partial charge in [-0.3, -0.25) is 4.57 Å². The van der Waals surface area contributed by atoms with Crippen LogP contribution in [0.3, 0.4) is 0 Å². The number of benzene rings is 2. The Morgan fingerprint density at radius 2 is 1.93 bits per heavy atom. The SMILES string of the molecule is CC[C@H](N)CCCc1cc(Cl)c(F)c(-c2cc3cn(-c4ccc([C@H](C)NCC[C@H](CN)N=C(N)N)cc4)c(=O)nc3[nH]2)c1. The lowest BCUT2D eigenvalue weighted by Gasteiger charge is -2.17. The molecule has 0 spiro atoms. The Morgan fingerprint density at radius 1 is 1.19 bits per heavy atom. The van der Waals surface area contributed by atoms with Gasteiger partial charge in [-0.15, -0.1) is 0 Å². The van der Waals surface area contributed by atoms with Gasteiger partial charge in [-0.1, -0.05) is 30.7 Å². The Kier molecular flexibility index (Phi) is 10.9. The quantitative estimate of drug-likeness (QED) is 0.0927. The van der Waals surface area contributed by atoms with Gasteiger partial charge in [0.25, 0.3) is 0 Å². The van der Waals surface area contributed by atoms with Crippen molar-refractivity contribution in [2.45, 2.75) is 64.1 Å². The number of aromatic nitrogens is 3. The van der Waals surface area contributed by atoms with Gasteiger partial charge in [-0.25, -0.2) is 14.2 Å². The molecule has 0 radical (unpaired) electrons. The summed E-state index contributed by atoms with van der Waals surface area (Å²) < 4.78 is 16.6. The molecule has 0 bridgehead atoms. The lowest BCUT2D eigenvalue weighted by Crippen LogP contribution is -2.31. The van der Waals surface area contributed by atoms with Gasteiger partial charge in [0, 0.05) is 35.8 Å². The third kappa shape index (κ3) is 8.20. The molecule has 43 heavy (non-hydrogen) atoms. The molecule has 2 heterocycles. The monoisotopic (exact) mass is 609 g/mol. The lowest BCUT2D eigenvalue weighted by molar-refractivity contribution is 0.518. The molecule has 3 atom stereocenters. The number of nitrogens with zero attached hydrogens (tertiary/aromatic N) is 3. The van der Waals surface area contributed by atoms with Crippen LogP contribution in [-0.2, 0) is 6.42 Å². The number of aromatic amines is 1. The van der Waals surface area contributed by atoms with E-state index < -0.39 is 11.5 Å². The van der Waals surface area contributed by atoms with E-state index in [1.165, 1.54) is 4.57 Å². The van der Waals surface area contributed by atoms with Gasteiger partial charge in [-0.05, 0) is 87.0 Å². The Bertz CT molecular complexity index is 1610. The second-order valence-corrected chi connectivity index (χ2v) is 11.3. The zero-order valence-corrected chi connectivity index (χ0v) is 25.4. The molecule has 0 unspecified atom stereocenters. The Labute approximate surface area is 255 Å². The summed E-state index contributed by atoms with van der Waals surface area (Å²) in [7, 11) is 0. The minimum atomic E-state index is -0.523. The molecule has 12 heteroatoms. The number of hydrogen-bond donors (Lipinski definition) is 6. The summed E-state index contributed by atoms with van der Waals surface area (Å²) in [5, 5.41) is 4.16. The normalized spacial score (nSPS) is 13.6. The lowest BCUT2D eigenvalue weighted by atomic mass is 10.0. The van der Waals surface area contributed by atoms with Gasteiger partial charge in [0.1, 0.15) is 5.65 Å². The molecule has 0 amide bonds. The number of aryl methyl sites for hydroxylation is 1. The summed E-state index contributed by atoms with van der Waals surface area (Å²) in [5.41, 5.74) is 26.1. The number of halogens is 2. The van der Waals surface area contributed by atoms with Crippen molar-refractivity contribution in [2.24, 2.45) is 27.9 Å².